The van der Waals surface area contributed by atoms with Gasteiger partial charge in [0.25, 0.3) is 0 Å². The van der Waals surface area contributed by atoms with Crippen LogP contribution in [-0.2, 0) is 4.79 Å². The molecule has 15 heavy (non-hydrogen) atoms. The predicted octanol–water partition coefficient (Wildman–Crippen LogP) is 2.36. The molecule has 1 aliphatic heterocycles. The zero-order chi connectivity index (χ0) is 11.6. The zero-order valence-corrected chi connectivity index (χ0v) is 10.3. The molecular weight excluding hydrogens is 190 g/mol. The van der Waals surface area contributed by atoms with Gasteiger partial charge in [0.15, 0.2) is 0 Å². The third-order valence-electron chi connectivity index (χ3n) is 3.58. The van der Waals surface area contributed by atoms with E-state index in [1.807, 2.05) is 0 Å². The van der Waals surface area contributed by atoms with Crippen molar-refractivity contribution in [3.63, 3.8) is 0 Å². The Bertz CT molecular complexity index is 232. The van der Waals surface area contributed by atoms with Gasteiger partial charge in [-0.05, 0) is 31.7 Å². The third kappa shape index (κ3) is 2.94. The van der Waals surface area contributed by atoms with Crippen molar-refractivity contribution in [2.24, 2.45) is 5.41 Å². The summed E-state index contributed by atoms with van der Waals surface area (Å²) in [5, 5.41) is 9.18. The molecule has 0 spiro atoms. The van der Waals surface area contributed by atoms with Gasteiger partial charge in [0.2, 0.25) is 0 Å². The minimum absolute atomic E-state index is 0.144. The van der Waals surface area contributed by atoms with Crippen molar-refractivity contribution in [1.82, 2.24) is 4.90 Å². The number of aliphatic carboxylic acids is 1. The van der Waals surface area contributed by atoms with E-state index in [2.05, 4.69) is 32.6 Å². The Kier molecular flexibility index (Phi) is 3.77. The lowest BCUT2D eigenvalue weighted by Gasteiger charge is -2.43. The summed E-state index contributed by atoms with van der Waals surface area (Å²) in [6.45, 7) is 9.58. The van der Waals surface area contributed by atoms with Crippen LogP contribution in [0.5, 0.6) is 0 Å². The van der Waals surface area contributed by atoms with Gasteiger partial charge in [-0.25, -0.2) is 0 Å². The Balaban J connectivity index is 2.76. The van der Waals surface area contributed by atoms with Gasteiger partial charge in [-0.1, -0.05) is 27.2 Å². The monoisotopic (exact) mass is 213 g/mol. The molecule has 3 heteroatoms. The summed E-state index contributed by atoms with van der Waals surface area (Å²) in [5.74, 6) is -0.661. The quantitative estimate of drug-likeness (QED) is 0.765. The number of likely N-dealkylation sites (tertiary alicyclic amines) is 1. The van der Waals surface area contributed by atoms with Crippen molar-refractivity contribution < 1.29 is 9.90 Å². The first-order valence-electron chi connectivity index (χ1n) is 5.82. The first kappa shape index (κ1) is 12.5. The van der Waals surface area contributed by atoms with E-state index < -0.39 is 5.97 Å². The number of hydrogen-bond acceptors (Lipinski definition) is 2. The van der Waals surface area contributed by atoms with Crippen molar-refractivity contribution in [3.8, 4) is 0 Å². The lowest BCUT2D eigenvalue weighted by atomic mass is 9.84. The van der Waals surface area contributed by atoms with E-state index >= 15 is 0 Å². The van der Waals surface area contributed by atoms with E-state index in [9.17, 15) is 9.90 Å². The maximum absolute atomic E-state index is 11.2. The fraction of sp³-hybridized carbons (Fsp3) is 0.917. The highest BCUT2D eigenvalue weighted by atomic mass is 16.4. The van der Waals surface area contributed by atoms with E-state index in [0.29, 0.717) is 6.04 Å². The molecule has 0 aromatic carbocycles. The Morgan fingerprint density at radius 2 is 2.00 bits per heavy atom. The topological polar surface area (TPSA) is 40.5 Å². The van der Waals surface area contributed by atoms with Crippen LogP contribution in [0.25, 0.3) is 0 Å². The summed E-state index contributed by atoms with van der Waals surface area (Å²) < 4.78 is 0. The van der Waals surface area contributed by atoms with Gasteiger partial charge >= 0.3 is 5.97 Å². The number of carbonyl (C=O) groups is 1. The average molecular weight is 213 g/mol. The summed E-state index contributed by atoms with van der Waals surface area (Å²) >= 11 is 0. The summed E-state index contributed by atoms with van der Waals surface area (Å²) in [6.07, 6.45) is 2.98. The van der Waals surface area contributed by atoms with Crippen LogP contribution in [0.4, 0.5) is 0 Å². The van der Waals surface area contributed by atoms with Crippen molar-refractivity contribution >= 4 is 5.97 Å². The molecule has 1 rings (SSSR count). The van der Waals surface area contributed by atoms with Crippen LogP contribution in [-0.4, -0.2) is 34.6 Å². The molecular formula is C12H23NO2. The van der Waals surface area contributed by atoms with Gasteiger partial charge in [-0.15, -0.1) is 0 Å². The maximum Gasteiger partial charge on any atom is 0.320 e. The Morgan fingerprint density at radius 3 is 2.47 bits per heavy atom. The molecule has 0 aromatic heterocycles. The Labute approximate surface area is 92.5 Å². The van der Waals surface area contributed by atoms with Crippen LogP contribution >= 0.6 is 0 Å². The van der Waals surface area contributed by atoms with Crippen molar-refractivity contribution in [1.29, 1.82) is 0 Å². The molecule has 0 aromatic rings. The lowest BCUT2D eigenvalue weighted by molar-refractivity contribution is -0.146. The highest BCUT2D eigenvalue weighted by Gasteiger charge is 2.36. The second-order valence-corrected chi connectivity index (χ2v) is 5.63. The van der Waals surface area contributed by atoms with Gasteiger partial charge in [0.05, 0.1) is 0 Å². The predicted molar refractivity (Wildman–Crippen MR) is 60.9 cm³/mol. The molecule has 1 saturated heterocycles. The number of hydrogen-bond donors (Lipinski definition) is 1. The fourth-order valence-corrected chi connectivity index (χ4v) is 2.18. The van der Waals surface area contributed by atoms with E-state index in [-0.39, 0.29) is 11.5 Å². The van der Waals surface area contributed by atoms with E-state index in [1.54, 1.807) is 0 Å². The molecule has 0 saturated carbocycles. The van der Waals surface area contributed by atoms with Crippen LogP contribution in [0.15, 0.2) is 0 Å². The Morgan fingerprint density at radius 1 is 1.40 bits per heavy atom. The summed E-state index contributed by atoms with van der Waals surface area (Å²) in [6, 6.07) is 0.0480. The molecule has 3 nitrogen and oxygen atoms in total. The molecule has 0 radical (unpaired) electrons. The molecule has 1 heterocycles. The van der Waals surface area contributed by atoms with E-state index in [4.69, 9.17) is 0 Å². The largest absolute Gasteiger partial charge is 0.480 e. The number of nitrogens with zero attached hydrogens (tertiary/aromatic N) is 1. The van der Waals surface area contributed by atoms with Crippen LogP contribution in [0.2, 0.25) is 0 Å². The molecule has 0 amide bonds. The van der Waals surface area contributed by atoms with Crippen LogP contribution < -0.4 is 0 Å². The second kappa shape index (κ2) is 4.52. The standard InChI is InChI=1S/C12H23NO2/c1-9(12(2,3)4)13-8-6-5-7-10(13)11(14)15/h9-10H,5-8H2,1-4H3,(H,14,15)/t9-,10-/m0/s1. The van der Waals surface area contributed by atoms with Gasteiger partial charge in [-0.3, -0.25) is 9.69 Å². The summed E-state index contributed by atoms with van der Waals surface area (Å²) in [5.41, 5.74) is 0.144. The average Bonchev–Trinajstić information content (AvgIpc) is 2.15. The zero-order valence-electron chi connectivity index (χ0n) is 10.3. The number of carboxylic acids is 1. The first-order valence-corrected chi connectivity index (χ1v) is 5.82. The Hall–Kier alpha value is -0.570. The van der Waals surface area contributed by atoms with E-state index in [1.165, 1.54) is 0 Å². The van der Waals surface area contributed by atoms with Crippen LogP contribution in [0, 0.1) is 5.41 Å². The molecule has 0 unspecified atom stereocenters. The number of piperidine rings is 1. The SMILES string of the molecule is C[C@H](N1CCCC[C@H]1C(=O)O)C(C)(C)C. The second-order valence-electron chi connectivity index (χ2n) is 5.63. The lowest BCUT2D eigenvalue weighted by Crippen LogP contribution is -2.53. The molecule has 2 atom stereocenters. The van der Waals surface area contributed by atoms with Gasteiger partial charge < -0.3 is 5.11 Å². The smallest absolute Gasteiger partial charge is 0.320 e. The summed E-state index contributed by atoms with van der Waals surface area (Å²) in [4.78, 5) is 13.3. The van der Waals surface area contributed by atoms with Crippen LogP contribution in [0.3, 0.4) is 0 Å². The van der Waals surface area contributed by atoms with Gasteiger partial charge in [-0.2, -0.15) is 0 Å². The number of carboxylic acid groups (broad SMARTS) is 1. The summed E-state index contributed by atoms with van der Waals surface area (Å²) in [7, 11) is 0. The minimum Gasteiger partial charge on any atom is -0.480 e. The van der Waals surface area contributed by atoms with Gasteiger partial charge in [0.1, 0.15) is 6.04 Å². The third-order valence-corrected chi connectivity index (χ3v) is 3.58. The number of rotatable bonds is 2. The van der Waals surface area contributed by atoms with Crippen molar-refractivity contribution in [2.75, 3.05) is 6.54 Å². The fourth-order valence-electron chi connectivity index (χ4n) is 2.18. The van der Waals surface area contributed by atoms with E-state index in [0.717, 1.165) is 25.8 Å². The van der Waals surface area contributed by atoms with Gasteiger partial charge in [0, 0.05) is 6.04 Å². The molecule has 0 bridgehead atoms. The molecule has 0 aliphatic carbocycles. The van der Waals surface area contributed by atoms with Crippen molar-refractivity contribution in [2.45, 2.75) is 59.0 Å². The molecule has 1 aliphatic rings. The molecule has 88 valence electrons. The molecule has 1 fully saturated rings. The van der Waals surface area contributed by atoms with Crippen molar-refractivity contribution in [3.05, 3.63) is 0 Å². The minimum atomic E-state index is -0.661. The molecule has 1 N–H and O–H groups in total. The highest BCUT2D eigenvalue weighted by molar-refractivity contribution is 5.73. The first-order chi connectivity index (χ1) is 6.84. The maximum atomic E-state index is 11.2. The normalized spacial score (nSPS) is 26.3. The highest BCUT2D eigenvalue weighted by Crippen LogP contribution is 2.29. The van der Waals surface area contributed by atoms with Crippen LogP contribution in [0.1, 0.15) is 47.0 Å².